The Kier molecular flexibility index (Phi) is 9.45. The van der Waals surface area contributed by atoms with Gasteiger partial charge in [-0.25, -0.2) is 0 Å². The van der Waals surface area contributed by atoms with Crippen molar-refractivity contribution in [3.05, 3.63) is 65.7 Å². The van der Waals surface area contributed by atoms with Gasteiger partial charge in [-0.2, -0.15) is 0 Å². The van der Waals surface area contributed by atoms with Gasteiger partial charge in [-0.3, -0.25) is 4.79 Å². The van der Waals surface area contributed by atoms with E-state index < -0.39 is 5.97 Å². The largest absolute Gasteiger partial charge is 0.497 e. The van der Waals surface area contributed by atoms with Crippen molar-refractivity contribution < 1.29 is 19.4 Å². The van der Waals surface area contributed by atoms with Gasteiger partial charge in [0.15, 0.2) is 0 Å². The van der Waals surface area contributed by atoms with E-state index in [1.807, 2.05) is 30.3 Å². The van der Waals surface area contributed by atoms with E-state index >= 15 is 0 Å². The smallest absolute Gasteiger partial charge is 0.303 e. The fourth-order valence-corrected chi connectivity index (χ4v) is 3.67. The molecule has 2 aromatic rings. The maximum atomic E-state index is 10.7. The van der Waals surface area contributed by atoms with E-state index in [0.717, 1.165) is 49.4 Å². The molecule has 5 nitrogen and oxygen atoms in total. The highest BCUT2D eigenvalue weighted by atomic mass is 35.5. The van der Waals surface area contributed by atoms with Crippen molar-refractivity contribution in [1.29, 1.82) is 0 Å². The number of aliphatic carboxylic acids is 1. The van der Waals surface area contributed by atoms with E-state index in [1.54, 1.807) is 7.11 Å². The average molecular weight is 420 g/mol. The lowest BCUT2D eigenvalue weighted by Crippen LogP contribution is -2.38. The molecule has 1 heterocycles. The number of hydrogen-bond donors (Lipinski definition) is 1. The Balaban J connectivity index is 0.00000300. The van der Waals surface area contributed by atoms with Crippen LogP contribution in [0.5, 0.6) is 5.75 Å². The Hall–Kier alpha value is -2.08. The summed E-state index contributed by atoms with van der Waals surface area (Å²) in [6, 6.07) is 18.4. The lowest BCUT2D eigenvalue weighted by atomic mass is 10.00. The third-order valence-electron chi connectivity index (χ3n) is 5.25. The van der Waals surface area contributed by atoms with E-state index in [-0.39, 0.29) is 31.0 Å². The first-order valence-electron chi connectivity index (χ1n) is 9.94. The third-order valence-corrected chi connectivity index (χ3v) is 5.25. The molecule has 1 aliphatic heterocycles. The topological polar surface area (TPSA) is 59.0 Å². The Morgan fingerprint density at radius 3 is 2.28 bits per heavy atom. The fraction of sp³-hybridized carbons (Fsp3) is 0.435. The summed E-state index contributed by atoms with van der Waals surface area (Å²) in [5, 5.41) is 8.79. The van der Waals surface area contributed by atoms with Crippen LogP contribution < -0.4 is 4.74 Å². The van der Waals surface area contributed by atoms with Gasteiger partial charge in [0.2, 0.25) is 0 Å². The SMILES string of the molecule is COc1ccc(C(OC2CCN(CCCC(=O)O)CC2)c2ccccc2)cc1.Cl. The van der Waals surface area contributed by atoms with Gasteiger partial charge in [-0.1, -0.05) is 42.5 Å². The number of hydrogen-bond acceptors (Lipinski definition) is 4. The monoisotopic (exact) mass is 419 g/mol. The second kappa shape index (κ2) is 11.8. The molecule has 0 aromatic heterocycles. The molecule has 6 heteroatoms. The van der Waals surface area contributed by atoms with Gasteiger partial charge in [-0.05, 0) is 49.1 Å². The number of carbonyl (C=O) groups is 1. The number of halogens is 1. The van der Waals surface area contributed by atoms with Crippen LogP contribution in [0.1, 0.15) is 42.9 Å². The van der Waals surface area contributed by atoms with Crippen molar-refractivity contribution in [2.24, 2.45) is 0 Å². The molecule has 0 radical (unpaired) electrons. The van der Waals surface area contributed by atoms with Crippen molar-refractivity contribution in [2.75, 3.05) is 26.7 Å². The van der Waals surface area contributed by atoms with Crippen LogP contribution in [0.3, 0.4) is 0 Å². The van der Waals surface area contributed by atoms with Crippen LogP contribution in [-0.2, 0) is 9.53 Å². The van der Waals surface area contributed by atoms with Crippen molar-refractivity contribution in [3.8, 4) is 5.75 Å². The van der Waals surface area contributed by atoms with Crippen LogP contribution in [0.2, 0.25) is 0 Å². The summed E-state index contributed by atoms with van der Waals surface area (Å²) in [5.41, 5.74) is 2.27. The minimum absolute atomic E-state index is 0. The number of ether oxygens (including phenoxy) is 2. The zero-order chi connectivity index (χ0) is 19.8. The predicted molar refractivity (Wildman–Crippen MR) is 116 cm³/mol. The number of methoxy groups -OCH3 is 1. The number of rotatable bonds is 9. The first-order valence-corrected chi connectivity index (χ1v) is 9.94. The second-order valence-electron chi connectivity index (χ2n) is 7.24. The van der Waals surface area contributed by atoms with Gasteiger partial charge in [0.05, 0.1) is 13.2 Å². The molecule has 0 aliphatic carbocycles. The van der Waals surface area contributed by atoms with Crippen molar-refractivity contribution >= 4 is 18.4 Å². The molecule has 1 saturated heterocycles. The molecule has 2 aromatic carbocycles. The Bertz CT molecular complexity index is 730. The summed E-state index contributed by atoms with van der Waals surface area (Å²) >= 11 is 0. The zero-order valence-electron chi connectivity index (χ0n) is 16.8. The summed E-state index contributed by atoms with van der Waals surface area (Å²) in [6.07, 6.45) is 2.97. The van der Waals surface area contributed by atoms with Crippen LogP contribution in [-0.4, -0.2) is 48.8 Å². The normalized spacial score (nSPS) is 16.0. The number of benzene rings is 2. The number of carboxylic acid groups (broad SMARTS) is 1. The van der Waals surface area contributed by atoms with Gasteiger partial charge < -0.3 is 19.5 Å². The highest BCUT2D eigenvalue weighted by Gasteiger charge is 2.24. The lowest BCUT2D eigenvalue weighted by Gasteiger charge is -2.34. The van der Waals surface area contributed by atoms with E-state index in [0.29, 0.717) is 6.42 Å². The lowest BCUT2D eigenvalue weighted by molar-refractivity contribution is -0.137. The quantitative estimate of drug-likeness (QED) is 0.646. The molecule has 1 unspecified atom stereocenters. The molecule has 29 heavy (non-hydrogen) atoms. The highest BCUT2D eigenvalue weighted by molar-refractivity contribution is 5.85. The Morgan fingerprint density at radius 1 is 1.07 bits per heavy atom. The summed E-state index contributed by atoms with van der Waals surface area (Å²) in [5.74, 6) is 0.119. The molecule has 1 fully saturated rings. The molecule has 3 rings (SSSR count). The third kappa shape index (κ3) is 7.03. The number of nitrogens with zero attached hydrogens (tertiary/aromatic N) is 1. The molecule has 1 atom stereocenters. The number of carboxylic acids is 1. The van der Waals surface area contributed by atoms with Crippen LogP contribution in [0.4, 0.5) is 0 Å². The minimum atomic E-state index is -0.719. The molecular weight excluding hydrogens is 390 g/mol. The molecule has 1 N–H and O–H groups in total. The van der Waals surface area contributed by atoms with Crippen molar-refractivity contribution in [1.82, 2.24) is 4.90 Å². The van der Waals surface area contributed by atoms with Crippen molar-refractivity contribution in [2.45, 2.75) is 37.9 Å². The fourth-order valence-electron chi connectivity index (χ4n) is 3.67. The van der Waals surface area contributed by atoms with Crippen LogP contribution in [0.25, 0.3) is 0 Å². The standard InChI is InChI=1S/C23H29NO4.ClH/c1-27-20-11-9-19(10-12-20)23(18-6-3-2-4-7-18)28-21-13-16-24(17-14-21)15-5-8-22(25)26;/h2-4,6-7,9-12,21,23H,5,8,13-17H2,1H3,(H,25,26);1H. The maximum Gasteiger partial charge on any atom is 0.303 e. The van der Waals surface area contributed by atoms with Gasteiger partial charge >= 0.3 is 5.97 Å². The predicted octanol–water partition coefficient (Wildman–Crippen LogP) is 4.55. The van der Waals surface area contributed by atoms with Gasteiger partial charge in [0, 0.05) is 19.5 Å². The molecular formula is C23H30ClNO4. The zero-order valence-corrected chi connectivity index (χ0v) is 17.6. The Labute approximate surface area is 179 Å². The summed E-state index contributed by atoms with van der Waals surface area (Å²) in [4.78, 5) is 13.0. The van der Waals surface area contributed by atoms with E-state index in [9.17, 15) is 4.79 Å². The van der Waals surface area contributed by atoms with E-state index in [2.05, 4.69) is 29.2 Å². The van der Waals surface area contributed by atoms with E-state index in [1.165, 1.54) is 0 Å². The highest BCUT2D eigenvalue weighted by Crippen LogP contribution is 2.31. The van der Waals surface area contributed by atoms with Crippen LogP contribution in [0, 0.1) is 0 Å². The summed E-state index contributed by atoms with van der Waals surface area (Å²) in [6.45, 7) is 2.75. The summed E-state index contributed by atoms with van der Waals surface area (Å²) < 4.78 is 11.8. The molecule has 1 aliphatic rings. The van der Waals surface area contributed by atoms with Gasteiger partial charge in [0.25, 0.3) is 0 Å². The average Bonchev–Trinajstić information content (AvgIpc) is 2.73. The van der Waals surface area contributed by atoms with Crippen LogP contribution in [0.15, 0.2) is 54.6 Å². The molecule has 0 spiro atoms. The summed E-state index contributed by atoms with van der Waals surface area (Å²) in [7, 11) is 1.67. The first-order chi connectivity index (χ1) is 13.7. The van der Waals surface area contributed by atoms with Crippen molar-refractivity contribution in [3.63, 3.8) is 0 Å². The minimum Gasteiger partial charge on any atom is -0.497 e. The van der Waals surface area contributed by atoms with E-state index in [4.69, 9.17) is 14.6 Å². The molecule has 0 bridgehead atoms. The van der Waals surface area contributed by atoms with Gasteiger partial charge in [-0.15, -0.1) is 12.4 Å². The Morgan fingerprint density at radius 2 is 1.69 bits per heavy atom. The van der Waals surface area contributed by atoms with Crippen LogP contribution >= 0.6 is 12.4 Å². The van der Waals surface area contributed by atoms with Gasteiger partial charge in [0.1, 0.15) is 11.9 Å². The molecule has 158 valence electrons. The molecule has 0 saturated carbocycles. The second-order valence-corrected chi connectivity index (χ2v) is 7.24. The number of piperidine rings is 1. The maximum absolute atomic E-state index is 10.7. The first kappa shape index (κ1) is 23.2. The number of likely N-dealkylation sites (tertiary alicyclic amines) is 1. The molecule has 0 amide bonds.